The average Bonchev–Trinajstić information content (AvgIpc) is 2.60. The Balaban J connectivity index is 1.98. The smallest absolute Gasteiger partial charge is 0.309 e. The fourth-order valence-electron chi connectivity index (χ4n) is 1.95. The van der Waals surface area contributed by atoms with Gasteiger partial charge in [-0.15, -0.1) is 0 Å². The number of rotatable bonds is 3. The van der Waals surface area contributed by atoms with Crippen LogP contribution in [-0.4, -0.2) is 11.1 Å². The molecule has 2 nitrogen and oxygen atoms in total. The number of aliphatic carboxylic acids is 1. The summed E-state index contributed by atoms with van der Waals surface area (Å²) in [4.78, 5) is 10.8. The van der Waals surface area contributed by atoms with E-state index in [4.69, 9.17) is 5.11 Å². The van der Waals surface area contributed by atoms with Crippen molar-refractivity contribution < 1.29 is 9.90 Å². The summed E-state index contributed by atoms with van der Waals surface area (Å²) in [6.45, 7) is 0. The Morgan fingerprint density at radius 1 is 1.58 bits per heavy atom. The maximum absolute atomic E-state index is 10.8. The molecule has 2 aliphatic rings. The van der Waals surface area contributed by atoms with E-state index in [1.165, 1.54) is 12.0 Å². The summed E-state index contributed by atoms with van der Waals surface area (Å²) in [6.07, 6.45) is 8.34. The van der Waals surface area contributed by atoms with Gasteiger partial charge in [0.15, 0.2) is 0 Å². The van der Waals surface area contributed by atoms with Gasteiger partial charge in [-0.2, -0.15) is 0 Å². The van der Waals surface area contributed by atoms with Gasteiger partial charge in [0.05, 0.1) is 5.41 Å². The van der Waals surface area contributed by atoms with E-state index in [1.807, 2.05) is 0 Å². The van der Waals surface area contributed by atoms with Crippen molar-refractivity contribution in [3.63, 3.8) is 0 Å². The second-order valence-electron chi connectivity index (χ2n) is 4.02. The summed E-state index contributed by atoms with van der Waals surface area (Å²) < 4.78 is 0. The molecule has 0 heterocycles. The van der Waals surface area contributed by atoms with E-state index in [0.29, 0.717) is 0 Å². The van der Waals surface area contributed by atoms with E-state index < -0.39 is 5.97 Å². The van der Waals surface area contributed by atoms with Crippen LogP contribution in [-0.2, 0) is 4.79 Å². The number of carboxylic acids is 1. The van der Waals surface area contributed by atoms with Crippen LogP contribution in [0.15, 0.2) is 11.6 Å². The molecule has 1 saturated carbocycles. The third-order valence-corrected chi connectivity index (χ3v) is 3.01. The largest absolute Gasteiger partial charge is 0.481 e. The molecule has 0 unspecified atom stereocenters. The topological polar surface area (TPSA) is 37.3 Å². The van der Waals surface area contributed by atoms with Crippen molar-refractivity contribution in [2.45, 2.75) is 38.5 Å². The lowest BCUT2D eigenvalue weighted by Crippen LogP contribution is -2.14. The van der Waals surface area contributed by atoms with Gasteiger partial charge in [0.25, 0.3) is 0 Å². The molecule has 0 aromatic heterocycles. The molecule has 1 fully saturated rings. The molecule has 2 heteroatoms. The molecule has 2 rings (SSSR count). The van der Waals surface area contributed by atoms with Crippen molar-refractivity contribution >= 4 is 5.97 Å². The highest BCUT2D eigenvalue weighted by atomic mass is 16.4. The number of allylic oxidation sites excluding steroid dienone is 2. The van der Waals surface area contributed by atoms with Crippen LogP contribution in [0.2, 0.25) is 0 Å². The molecule has 0 spiro atoms. The molecular formula is C10H14O2. The van der Waals surface area contributed by atoms with Crippen LogP contribution < -0.4 is 0 Å². The van der Waals surface area contributed by atoms with Gasteiger partial charge in [0, 0.05) is 0 Å². The summed E-state index contributed by atoms with van der Waals surface area (Å²) in [5.41, 5.74) is 1.05. The van der Waals surface area contributed by atoms with Crippen molar-refractivity contribution in [3.05, 3.63) is 11.6 Å². The highest BCUT2D eigenvalue weighted by Gasteiger charge is 2.50. The fourth-order valence-corrected chi connectivity index (χ4v) is 1.95. The second kappa shape index (κ2) is 2.61. The zero-order valence-corrected chi connectivity index (χ0v) is 7.18. The maximum atomic E-state index is 10.8. The first-order valence-corrected chi connectivity index (χ1v) is 4.64. The van der Waals surface area contributed by atoms with E-state index in [1.54, 1.807) is 0 Å². The Bertz CT molecular complexity index is 236. The molecule has 0 aromatic carbocycles. The summed E-state index contributed by atoms with van der Waals surface area (Å²) in [7, 11) is 0. The summed E-state index contributed by atoms with van der Waals surface area (Å²) in [5, 5.41) is 8.94. The fraction of sp³-hybridized carbons (Fsp3) is 0.700. The van der Waals surface area contributed by atoms with E-state index in [-0.39, 0.29) is 5.41 Å². The SMILES string of the molecule is O=C(O)C1(CC2=CCCC2)CC1. The Labute approximate surface area is 72.3 Å². The van der Waals surface area contributed by atoms with Gasteiger partial charge in [-0.3, -0.25) is 4.79 Å². The van der Waals surface area contributed by atoms with Crippen molar-refractivity contribution in [2.75, 3.05) is 0 Å². The Morgan fingerprint density at radius 2 is 2.33 bits per heavy atom. The highest BCUT2D eigenvalue weighted by molar-refractivity contribution is 5.78. The number of carboxylic acid groups (broad SMARTS) is 1. The Kier molecular flexibility index (Phi) is 1.71. The van der Waals surface area contributed by atoms with Crippen LogP contribution in [0, 0.1) is 5.41 Å². The van der Waals surface area contributed by atoms with Crippen LogP contribution in [0.25, 0.3) is 0 Å². The molecule has 0 bridgehead atoms. The lowest BCUT2D eigenvalue weighted by atomic mass is 9.96. The third kappa shape index (κ3) is 1.26. The second-order valence-corrected chi connectivity index (χ2v) is 4.02. The molecule has 0 amide bonds. The molecular weight excluding hydrogens is 152 g/mol. The number of hydrogen-bond acceptors (Lipinski definition) is 1. The van der Waals surface area contributed by atoms with Crippen LogP contribution in [0.5, 0.6) is 0 Å². The molecule has 12 heavy (non-hydrogen) atoms. The van der Waals surface area contributed by atoms with E-state index >= 15 is 0 Å². The normalized spacial score (nSPS) is 25.2. The molecule has 2 aliphatic carbocycles. The van der Waals surface area contributed by atoms with Gasteiger partial charge in [0.2, 0.25) is 0 Å². The minimum atomic E-state index is -0.588. The zero-order chi connectivity index (χ0) is 8.60. The van der Waals surface area contributed by atoms with Crippen LogP contribution >= 0.6 is 0 Å². The minimum absolute atomic E-state index is 0.337. The molecule has 0 saturated heterocycles. The lowest BCUT2D eigenvalue weighted by Gasteiger charge is -2.09. The lowest BCUT2D eigenvalue weighted by molar-refractivity contribution is -0.143. The van der Waals surface area contributed by atoms with Gasteiger partial charge in [0.1, 0.15) is 0 Å². The average molecular weight is 166 g/mol. The maximum Gasteiger partial charge on any atom is 0.309 e. The van der Waals surface area contributed by atoms with Gasteiger partial charge < -0.3 is 5.11 Å². The number of hydrogen-bond donors (Lipinski definition) is 1. The predicted octanol–water partition coefficient (Wildman–Crippen LogP) is 2.35. The molecule has 66 valence electrons. The Morgan fingerprint density at radius 3 is 2.75 bits per heavy atom. The quantitative estimate of drug-likeness (QED) is 0.653. The summed E-state index contributed by atoms with van der Waals surface area (Å²) in [5.74, 6) is -0.588. The molecule has 0 aliphatic heterocycles. The van der Waals surface area contributed by atoms with Crippen molar-refractivity contribution in [2.24, 2.45) is 5.41 Å². The Hall–Kier alpha value is -0.790. The van der Waals surface area contributed by atoms with E-state index in [9.17, 15) is 4.79 Å². The van der Waals surface area contributed by atoms with E-state index in [2.05, 4.69) is 6.08 Å². The monoisotopic (exact) mass is 166 g/mol. The predicted molar refractivity (Wildman–Crippen MR) is 45.9 cm³/mol. The van der Waals surface area contributed by atoms with Crippen molar-refractivity contribution in [1.82, 2.24) is 0 Å². The molecule has 0 radical (unpaired) electrons. The zero-order valence-electron chi connectivity index (χ0n) is 7.18. The molecule has 0 atom stereocenters. The van der Waals surface area contributed by atoms with E-state index in [0.717, 1.165) is 32.1 Å². The standard InChI is InChI=1S/C10H14O2/c11-9(12)10(5-6-10)7-8-3-1-2-4-8/h3H,1-2,4-7H2,(H,11,12). The summed E-state index contributed by atoms with van der Waals surface area (Å²) in [6, 6.07) is 0. The van der Waals surface area contributed by atoms with Crippen LogP contribution in [0.3, 0.4) is 0 Å². The minimum Gasteiger partial charge on any atom is -0.481 e. The van der Waals surface area contributed by atoms with Crippen LogP contribution in [0.4, 0.5) is 0 Å². The molecule has 1 N–H and O–H groups in total. The highest BCUT2D eigenvalue weighted by Crippen LogP contribution is 2.51. The number of carbonyl (C=O) groups is 1. The van der Waals surface area contributed by atoms with Crippen LogP contribution in [0.1, 0.15) is 38.5 Å². The first-order chi connectivity index (χ1) is 5.73. The molecule has 0 aromatic rings. The van der Waals surface area contributed by atoms with Gasteiger partial charge >= 0.3 is 5.97 Å². The first kappa shape index (κ1) is 7.84. The third-order valence-electron chi connectivity index (χ3n) is 3.01. The van der Waals surface area contributed by atoms with Gasteiger partial charge in [-0.1, -0.05) is 11.6 Å². The van der Waals surface area contributed by atoms with Gasteiger partial charge in [-0.25, -0.2) is 0 Å². The first-order valence-electron chi connectivity index (χ1n) is 4.64. The van der Waals surface area contributed by atoms with Crippen molar-refractivity contribution in [3.8, 4) is 0 Å². The van der Waals surface area contributed by atoms with Gasteiger partial charge in [-0.05, 0) is 38.5 Å². The van der Waals surface area contributed by atoms with Crippen molar-refractivity contribution in [1.29, 1.82) is 0 Å². The summed E-state index contributed by atoms with van der Waals surface area (Å²) >= 11 is 0.